The molecule has 0 bridgehead atoms. The van der Waals surface area contributed by atoms with E-state index >= 15 is 0 Å². The molecule has 34 heavy (non-hydrogen) atoms. The minimum atomic E-state index is -4.59. The first-order valence-electron chi connectivity index (χ1n) is 11.3. The molecule has 0 spiro atoms. The lowest BCUT2D eigenvalue weighted by molar-refractivity contribution is -0.0790. The van der Waals surface area contributed by atoms with E-state index in [2.05, 4.69) is 6.92 Å². The molecule has 0 unspecified atom stereocenters. The Morgan fingerprint density at radius 3 is 1.85 bits per heavy atom. The second kappa shape index (κ2) is 11.4. The number of unbranched alkanes of at least 4 members (excludes halogenated alkanes) is 4. The van der Waals surface area contributed by atoms with Gasteiger partial charge in [0.15, 0.2) is 0 Å². The van der Waals surface area contributed by atoms with E-state index in [4.69, 9.17) is 0 Å². The number of allylic oxidation sites excluding steroid dienone is 1. The van der Waals surface area contributed by atoms with Gasteiger partial charge in [-0.25, -0.2) is 13.2 Å². The third kappa shape index (κ3) is 6.99. The highest BCUT2D eigenvalue weighted by molar-refractivity contribution is 5.72. The highest BCUT2D eigenvalue weighted by Gasteiger charge is 2.22. The van der Waals surface area contributed by atoms with Crippen LogP contribution in [0.2, 0.25) is 0 Å². The first-order valence-corrected chi connectivity index (χ1v) is 11.3. The van der Waals surface area contributed by atoms with Crippen LogP contribution in [0, 0.1) is 17.5 Å². The average molecular weight is 477 g/mol. The largest absolute Gasteiger partial charge is 0.409 e. The highest BCUT2D eigenvalue weighted by atomic mass is 19.4. The lowest BCUT2D eigenvalue weighted by atomic mass is 9.96. The third-order valence-electron chi connectivity index (χ3n) is 5.64. The van der Waals surface area contributed by atoms with Crippen LogP contribution in [0.15, 0.2) is 60.7 Å². The fourth-order valence-electron chi connectivity index (χ4n) is 3.81. The molecule has 0 aliphatic rings. The lowest BCUT2D eigenvalue weighted by Gasteiger charge is -2.11. The van der Waals surface area contributed by atoms with Crippen molar-refractivity contribution in [2.75, 3.05) is 0 Å². The number of benzene rings is 3. The summed E-state index contributed by atoms with van der Waals surface area (Å²) in [5.41, 5.74) is 1.30. The summed E-state index contributed by atoms with van der Waals surface area (Å²) in [5.74, 6) is -2.77. The summed E-state index contributed by atoms with van der Waals surface area (Å²) in [6, 6.07) is 12.9. The fourth-order valence-corrected chi connectivity index (χ4v) is 3.81. The summed E-state index contributed by atoms with van der Waals surface area (Å²) >= 11 is 0. The number of rotatable bonds is 9. The van der Waals surface area contributed by atoms with E-state index in [-0.39, 0.29) is 17.2 Å². The SMILES string of the molecule is CCCCCCCc1ccc(-c2cc(F)c(-c3ccc(C=CC(F)(F)F)c(F)c3)c(F)c2)cc1. The first kappa shape index (κ1) is 25.6. The van der Waals surface area contributed by atoms with Crippen LogP contribution in [0.5, 0.6) is 0 Å². The van der Waals surface area contributed by atoms with Crippen molar-refractivity contribution in [2.45, 2.75) is 51.6 Å². The Labute approximate surface area is 195 Å². The molecule has 0 aromatic heterocycles. The zero-order chi connectivity index (χ0) is 24.7. The summed E-state index contributed by atoms with van der Waals surface area (Å²) < 4.78 is 80.9. The maximum Gasteiger partial charge on any atom is 0.409 e. The quantitative estimate of drug-likeness (QED) is 0.213. The molecule has 0 saturated heterocycles. The standard InChI is InChI=1S/C28H26F6/c1-2-3-4-5-6-7-19-8-10-20(11-9-19)23-17-25(30)27(26(31)18-23)22-13-12-21(24(29)16-22)14-15-28(32,33)34/h8-18H,2-7H2,1H3. The van der Waals surface area contributed by atoms with E-state index in [0.717, 1.165) is 30.5 Å². The van der Waals surface area contributed by atoms with Crippen molar-refractivity contribution in [2.24, 2.45) is 0 Å². The van der Waals surface area contributed by atoms with Crippen molar-refractivity contribution in [1.82, 2.24) is 0 Å². The maximum atomic E-state index is 14.8. The van der Waals surface area contributed by atoms with E-state index in [9.17, 15) is 26.3 Å². The first-order chi connectivity index (χ1) is 16.2. The topological polar surface area (TPSA) is 0 Å². The molecule has 6 heteroatoms. The number of halogens is 6. The number of hydrogen-bond donors (Lipinski definition) is 0. The molecule has 0 saturated carbocycles. The van der Waals surface area contributed by atoms with E-state index in [1.54, 1.807) is 0 Å². The van der Waals surface area contributed by atoms with E-state index in [1.807, 2.05) is 24.3 Å². The van der Waals surface area contributed by atoms with Crippen LogP contribution in [0.1, 0.15) is 50.2 Å². The summed E-state index contributed by atoms with van der Waals surface area (Å²) in [6.45, 7) is 2.17. The maximum absolute atomic E-state index is 14.8. The number of alkyl halides is 3. The molecule has 3 aromatic rings. The van der Waals surface area contributed by atoms with Gasteiger partial charge >= 0.3 is 6.18 Å². The van der Waals surface area contributed by atoms with Gasteiger partial charge in [-0.3, -0.25) is 0 Å². The van der Waals surface area contributed by atoms with E-state index in [1.165, 1.54) is 43.9 Å². The van der Waals surface area contributed by atoms with Crippen molar-refractivity contribution < 1.29 is 26.3 Å². The van der Waals surface area contributed by atoms with Gasteiger partial charge in [0, 0.05) is 11.6 Å². The van der Waals surface area contributed by atoms with Gasteiger partial charge in [0.1, 0.15) is 17.5 Å². The minimum absolute atomic E-state index is 0.0957. The predicted molar refractivity (Wildman–Crippen MR) is 125 cm³/mol. The van der Waals surface area contributed by atoms with Gasteiger partial charge in [-0.2, -0.15) is 13.2 Å². The zero-order valence-electron chi connectivity index (χ0n) is 18.9. The summed E-state index contributed by atoms with van der Waals surface area (Å²) in [6.07, 6.45) is 2.75. The molecule has 0 radical (unpaired) electrons. The average Bonchev–Trinajstić information content (AvgIpc) is 2.77. The molecule has 0 fully saturated rings. The molecule has 0 aliphatic heterocycles. The molecule has 0 amide bonds. The Morgan fingerprint density at radius 1 is 0.676 bits per heavy atom. The smallest absolute Gasteiger partial charge is 0.206 e. The molecule has 180 valence electrons. The lowest BCUT2D eigenvalue weighted by Crippen LogP contribution is -2.00. The van der Waals surface area contributed by atoms with Crippen LogP contribution < -0.4 is 0 Å². The fraction of sp³-hybridized carbons (Fsp3) is 0.286. The van der Waals surface area contributed by atoms with Gasteiger partial charge in [-0.15, -0.1) is 0 Å². The Hall–Kier alpha value is -3.02. The minimum Gasteiger partial charge on any atom is -0.206 e. The van der Waals surface area contributed by atoms with Gasteiger partial charge in [0.25, 0.3) is 0 Å². The van der Waals surface area contributed by atoms with Gasteiger partial charge < -0.3 is 0 Å². The van der Waals surface area contributed by atoms with Crippen LogP contribution in [0.25, 0.3) is 28.3 Å². The molecule has 0 atom stereocenters. The van der Waals surface area contributed by atoms with Gasteiger partial charge in [0.05, 0.1) is 5.56 Å². The van der Waals surface area contributed by atoms with Crippen LogP contribution >= 0.6 is 0 Å². The second-order valence-corrected chi connectivity index (χ2v) is 8.29. The molecule has 3 rings (SSSR count). The van der Waals surface area contributed by atoms with Crippen molar-refractivity contribution in [3.05, 3.63) is 89.3 Å². The van der Waals surface area contributed by atoms with Crippen LogP contribution in [0.3, 0.4) is 0 Å². The van der Waals surface area contributed by atoms with E-state index in [0.29, 0.717) is 17.2 Å². The van der Waals surface area contributed by atoms with Crippen molar-refractivity contribution in [3.8, 4) is 22.3 Å². The van der Waals surface area contributed by atoms with Crippen LogP contribution in [-0.2, 0) is 6.42 Å². The third-order valence-corrected chi connectivity index (χ3v) is 5.64. The second-order valence-electron chi connectivity index (χ2n) is 8.29. The normalized spacial score (nSPS) is 12.0. The Balaban J connectivity index is 1.78. The molecule has 3 aromatic carbocycles. The summed E-state index contributed by atoms with van der Waals surface area (Å²) in [7, 11) is 0. The molecular formula is C28H26F6. The summed E-state index contributed by atoms with van der Waals surface area (Å²) in [4.78, 5) is 0. The highest BCUT2D eigenvalue weighted by Crippen LogP contribution is 2.32. The van der Waals surface area contributed by atoms with Crippen molar-refractivity contribution >= 4 is 6.08 Å². The zero-order valence-corrected chi connectivity index (χ0v) is 18.9. The van der Waals surface area contributed by atoms with Crippen molar-refractivity contribution in [3.63, 3.8) is 0 Å². The molecule has 0 heterocycles. The van der Waals surface area contributed by atoms with Gasteiger partial charge in [0.2, 0.25) is 0 Å². The van der Waals surface area contributed by atoms with Crippen LogP contribution in [0.4, 0.5) is 26.3 Å². The number of aryl methyl sites for hydroxylation is 1. The van der Waals surface area contributed by atoms with Crippen molar-refractivity contribution in [1.29, 1.82) is 0 Å². The molecule has 0 N–H and O–H groups in total. The Kier molecular flexibility index (Phi) is 8.59. The molecule has 0 nitrogen and oxygen atoms in total. The van der Waals surface area contributed by atoms with E-state index < -0.39 is 29.2 Å². The molecular weight excluding hydrogens is 450 g/mol. The Bertz CT molecular complexity index is 1100. The summed E-state index contributed by atoms with van der Waals surface area (Å²) in [5, 5.41) is 0. The van der Waals surface area contributed by atoms with Gasteiger partial charge in [-0.1, -0.05) is 69.0 Å². The Morgan fingerprint density at radius 2 is 1.26 bits per heavy atom. The molecule has 0 aliphatic carbocycles. The predicted octanol–water partition coefficient (Wildman–Crippen LogP) is 9.53. The monoisotopic (exact) mass is 476 g/mol. The van der Waals surface area contributed by atoms with Crippen LogP contribution in [-0.4, -0.2) is 6.18 Å². The van der Waals surface area contributed by atoms with Gasteiger partial charge in [-0.05, 0) is 59.4 Å². The number of hydrogen-bond acceptors (Lipinski definition) is 0.